The highest BCUT2D eigenvalue weighted by Gasteiger charge is 2.37. The molecule has 2 amide bonds. The Labute approximate surface area is 87.9 Å². The van der Waals surface area contributed by atoms with Crippen LogP contribution in [0.2, 0.25) is 0 Å². The van der Waals surface area contributed by atoms with Crippen molar-refractivity contribution in [2.75, 3.05) is 0 Å². The van der Waals surface area contributed by atoms with E-state index in [-0.39, 0.29) is 17.9 Å². The number of hydrogen-bond acceptors (Lipinski definition) is 3. The standard InChI is InChI=1S/C11H12N2O2/c1-3-7(2)13-10(14)8-4-5-12-6-9(8)11(13)15/h4-7H,3H2,1-2H3. The lowest BCUT2D eigenvalue weighted by atomic mass is 10.2. The lowest BCUT2D eigenvalue weighted by molar-refractivity contribution is 0.0593. The van der Waals surface area contributed by atoms with Crippen molar-refractivity contribution in [3.8, 4) is 0 Å². The zero-order valence-corrected chi connectivity index (χ0v) is 8.73. The van der Waals surface area contributed by atoms with Gasteiger partial charge in [-0.15, -0.1) is 0 Å². The van der Waals surface area contributed by atoms with Gasteiger partial charge in [-0.25, -0.2) is 0 Å². The fourth-order valence-corrected chi connectivity index (χ4v) is 1.69. The van der Waals surface area contributed by atoms with Gasteiger partial charge in [0.15, 0.2) is 0 Å². The molecule has 0 aliphatic carbocycles. The van der Waals surface area contributed by atoms with Crippen molar-refractivity contribution in [1.29, 1.82) is 0 Å². The molecule has 15 heavy (non-hydrogen) atoms. The third-order valence-corrected chi connectivity index (χ3v) is 2.75. The zero-order chi connectivity index (χ0) is 11.0. The molecule has 4 heteroatoms. The summed E-state index contributed by atoms with van der Waals surface area (Å²) in [5, 5.41) is 0. The predicted molar refractivity (Wildman–Crippen MR) is 54.5 cm³/mol. The summed E-state index contributed by atoms with van der Waals surface area (Å²) < 4.78 is 0. The lowest BCUT2D eigenvalue weighted by Gasteiger charge is -2.20. The van der Waals surface area contributed by atoms with Crippen molar-refractivity contribution < 1.29 is 9.59 Å². The van der Waals surface area contributed by atoms with Crippen molar-refractivity contribution in [3.05, 3.63) is 29.6 Å². The van der Waals surface area contributed by atoms with Crippen molar-refractivity contribution >= 4 is 11.8 Å². The van der Waals surface area contributed by atoms with Gasteiger partial charge < -0.3 is 0 Å². The summed E-state index contributed by atoms with van der Waals surface area (Å²) in [7, 11) is 0. The van der Waals surface area contributed by atoms with Crippen LogP contribution < -0.4 is 0 Å². The van der Waals surface area contributed by atoms with Crippen LogP contribution in [0.3, 0.4) is 0 Å². The van der Waals surface area contributed by atoms with Crippen molar-refractivity contribution in [2.24, 2.45) is 0 Å². The summed E-state index contributed by atoms with van der Waals surface area (Å²) in [5.74, 6) is -0.427. The van der Waals surface area contributed by atoms with Gasteiger partial charge in [-0.3, -0.25) is 19.5 Å². The number of aromatic nitrogens is 1. The Morgan fingerprint density at radius 2 is 2.00 bits per heavy atom. The fourth-order valence-electron chi connectivity index (χ4n) is 1.69. The average molecular weight is 204 g/mol. The van der Waals surface area contributed by atoms with Crippen LogP contribution in [0.5, 0.6) is 0 Å². The first-order chi connectivity index (χ1) is 7.16. The molecular formula is C11H12N2O2. The molecule has 4 nitrogen and oxygen atoms in total. The second-order valence-corrected chi connectivity index (χ2v) is 3.66. The van der Waals surface area contributed by atoms with Gasteiger partial charge in [0, 0.05) is 18.4 Å². The highest BCUT2D eigenvalue weighted by atomic mass is 16.2. The maximum Gasteiger partial charge on any atom is 0.263 e. The Kier molecular flexibility index (Phi) is 2.26. The highest BCUT2D eigenvalue weighted by molar-refractivity contribution is 6.21. The summed E-state index contributed by atoms with van der Waals surface area (Å²) in [4.78, 5) is 28.9. The molecule has 1 aromatic heterocycles. The van der Waals surface area contributed by atoms with Gasteiger partial charge in [0.2, 0.25) is 0 Å². The molecule has 1 atom stereocenters. The number of amides is 2. The number of rotatable bonds is 2. The zero-order valence-electron chi connectivity index (χ0n) is 8.73. The van der Waals surface area contributed by atoms with E-state index in [4.69, 9.17) is 0 Å². The molecule has 2 rings (SSSR count). The summed E-state index contributed by atoms with van der Waals surface area (Å²) in [6.07, 6.45) is 3.75. The SMILES string of the molecule is CCC(C)N1C(=O)c2ccncc2C1=O. The van der Waals surface area contributed by atoms with Gasteiger partial charge in [0.25, 0.3) is 11.8 Å². The molecule has 2 heterocycles. The molecule has 0 N–H and O–H groups in total. The minimum Gasteiger partial charge on any atom is -0.271 e. The quantitative estimate of drug-likeness (QED) is 0.685. The van der Waals surface area contributed by atoms with Gasteiger partial charge in [-0.1, -0.05) is 6.92 Å². The van der Waals surface area contributed by atoms with E-state index in [9.17, 15) is 9.59 Å². The second kappa shape index (κ2) is 3.46. The Morgan fingerprint density at radius 3 is 2.60 bits per heavy atom. The molecule has 1 aliphatic heterocycles. The maximum atomic E-state index is 11.9. The van der Waals surface area contributed by atoms with Crippen molar-refractivity contribution in [3.63, 3.8) is 0 Å². The van der Waals surface area contributed by atoms with E-state index in [1.54, 1.807) is 6.07 Å². The van der Waals surface area contributed by atoms with E-state index in [1.807, 2.05) is 13.8 Å². The lowest BCUT2D eigenvalue weighted by Crippen LogP contribution is -2.37. The van der Waals surface area contributed by atoms with Crippen LogP contribution in [0, 0.1) is 0 Å². The monoisotopic (exact) mass is 204 g/mol. The number of nitrogens with zero attached hydrogens (tertiary/aromatic N) is 2. The van der Waals surface area contributed by atoms with Gasteiger partial charge in [0.05, 0.1) is 11.1 Å². The average Bonchev–Trinajstić information content (AvgIpc) is 2.52. The van der Waals surface area contributed by atoms with Gasteiger partial charge in [-0.05, 0) is 19.4 Å². The summed E-state index contributed by atoms with van der Waals surface area (Å²) in [6, 6.07) is 1.54. The van der Waals surface area contributed by atoms with Crippen LogP contribution in [-0.4, -0.2) is 27.7 Å². The van der Waals surface area contributed by atoms with E-state index in [0.29, 0.717) is 11.1 Å². The number of imide groups is 1. The number of hydrogen-bond donors (Lipinski definition) is 0. The van der Waals surface area contributed by atoms with E-state index >= 15 is 0 Å². The predicted octanol–water partition coefficient (Wildman–Crippen LogP) is 1.48. The number of carbonyl (C=O) groups excluding carboxylic acids is 2. The Morgan fingerprint density at radius 1 is 1.33 bits per heavy atom. The molecule has 0 fully saturated rings. The highest BCUT2D eigenvalue weighted by Crippen LogP contribution is 2.24. The molecule has 0 radical (unpaired) electrons. The third kappa shape index (κ3) is 1.33. The van der Waals surface area contributed by atoms with Gasteiger partial charge in [-0.2, -0.15) is 0 Å². The van der Waals surface area contributed by atoms with E-state index in [1.165, 1.54) is 17.3 Å². The van der Waals surface area contributed by atoms with Crippen LogP contribution in [0.15, 0.2) is 18.5 Å². The second-order valence-electron chi connectivity index (χ2n) is 3.66. The van der Waals surface area contributed by atoms with Gasteiger partial charge >= 0.3 is 0 Å². The largest absolute Gasteiger partial charge is 0.271 e. The maximum absolute atomic E-state index is 11.9. The molecular weight excluding hydrogens is 192 g/mol. The first kappa shape index (κ1) is 9.83. The van der Waals surface area contributed by atoms with E-state index < -0.39 is 0 Å². The number of carbonyl (C=O) groups is 2. The minimum atomic E-state index is -0.225. The number of fused-ring (bicyclic) bond motifs is 1. The van der Waals surface area contributed by atoms with E-state index in [2.05, 4.69) is 4.98 Å². The molecule has 1 aromatic rings. The topological polar surface area (TPSA) is 50.3 Å². The first-order valence-corrected chi connectivity index (χ1v) is 4.98. The van der Waals surface area contributed by atoms with Crippen molar-refractivity contribution in [1.82, 2.24) is 9.88 Å². The Balaban J connectivity index is 2.45. The van der Waals surface area contributed by atoms with Crippen LogP contribution in [-0.2, 0) is 0 Å². The van der Waals surface area contributed by atoms with E-state index in [0.717, 1.165) is 6.42 Å². The molecule has 1 unspecified atom stereocenters. The molecule has 78 valence electrons. The van der Waals surface area contributed by atoms with Crippen LogP contribution in [0.25, 0.3) is 0 Å². The molecule has 0 bridgehead atoms. The summed E-state index contributed by atoms with van der Waals surface area (Å²) in [6.45, 7) is 3.82. The summed E-state index contributed by atoms with van der Waals surface area (Å²) in [5.41, 5.74) is 0.887. The molecule has 0 spiro atoms. The van der Waals surface area contributed by atoms with Crippen molar-refractivity contribution in [2.45, 2.75) is 26.3 Å². The molecule has 0 saturated heterocycles. The molecule has 1 aliphatic rings. The molecule has 0 aromatic carbocycles. The smallest absolute Gasteiger partial charge is 0.263 e. The third-order valence-electron chi connectivity index (χ3n) is 2.75. The first-order valence-electron chi connectivity index (χ1n) is 4.98. The number of pyridine rings is 1. The van der Waals surface area contributed by atoms with Crippen LogP contribution >= 0.6 is 0 Å². The fraction of sp³-hybridized carbons (Fsp3) is 0.364. The van der Waals surface area contributed by atoms with Crippen LogP contribution in [0.4, 0.5) is 0 Å². The van der Waals surface area contributed by atoms with Gasteiger partial charge in [0.1, 0.15) is 0 Å². The minimum absolute atomic E-state index is 0.0580. The summed E-state index contributed by atoms with van der Waals surface area (Å²) >= 11 is 0. The van der Waals surface area contributed by atoms with Crippen LogP contribution in [0.1, 0.15) is 41.0 Å². The Bertz CT molecular complexity index is 393. The Hall–Kier alpha value is -1.71. The molecule has 0 saturated carbocycles. The normalized spacial score (nSPS) is 16.8.